The van der Waals surface area contributed by atoms with Crippen molar-refractivity contribution in [3.05, 3.63) is 35.4 Å². The predicted molar refractivity (Wildman–Crippen MR) is 86.0 cm³/mol. The fourth-order valence-corrected chi connectivity index (χ4v) is 5.52. The minimum absolute atomic E-state index is 0.0336. The maximum atomic E-state index is 12.8. The third kappa shape index (κ3) is 2.68. The van der Waals surface area contributed by atoms with Crippen LogP contribution >= 0.6 is 0 Å². The van der Waals surface area contributed by atoms with E-state index in [-0.39, 0.29) is 23.3 Å². The molecule has 0 radical (unpaired) electrons. The van der Waals surface area contributed by atoms with Gasteiger partial charge in [0.1, 0.15) is 0 Å². The van der Waals surface area contributed by atoms with Crippen molar-refractivity contribution in [3.8, 4) is 0 Å². The molecule has 1 atom stereocenters. The normalized spacial score (nSPS) is 28.0. The highest BCUT2D eigenvalue weighted by atomic mass is 32.2. The maximum Gasteiger partial charge on any atom is 0.230 e. The second-order valence-electron chi connectivity index (χ2n) is 6.90. The van der Waals surface area contributed by atoms with Gasteiger partial charge in [0.15, 0.2) is 9.84 Å². The molecule has 23 heavy (non-hydrogen) atoms. The van der Waals surface area contributed by atoms with Crippen LogP contribution in [0.2, 0.25) is 0 Å². The number of morpholine rings is 1. The molecule has 2 heterocycles. The summed E-state index contributed by atoms with van der Waals surface area (Å²) in [5.41, 5.74) is 1.95. The Labute approximate surface area is 136 Å². The molecular weight excluding hydrogens is 314 g/mol. The molecule has 6 heteroatoms. The lowest BCUT2D eigenvalue weighted by molar-refractivity contribution is -0.154. The fourth-order valence-electron chi connectivity index (χ4n) is 3.95. The van der Waals surface area contributed by atoms with E-state index in [1.807, 2.05) is 23.1 Å². The molecular formula is C17H21NO4S. The van der Waals surface area contributed by atoms with E-state index in [4.69, 9.17) is 4.74 Å². The molecule has 124 valence electrons. The number of ether oxygens (including phenoxy) is 1. The molecule has 2 aliphatic heterocycles. The van der Waals surface area contributed by atoms with E-state index in [1.165, 1.54) is 5.56 Å². The van der Waals surface area contributed by atoms with Crippen molar-refractivity contribution in [3.63, 3.8) is 0 Å². The van der Waals surface area contributed by atoms with E-state index in [0.717, 1.165) is 12.0 Å². The zero-order valence-electron chi connectivity index (χ0n) is 13.0. The van der Waals surface area contributed by atoms with Gasteiger partial charge < -0.3 is 9.64 Å². The van der Waals surface area contributed by atoms with Gasteiger partial charge in [0.2, 0.25) is 5.91 Å². The van der Waals surface area contributed by atoms with Crippen LogP contribution in [-0.2, 0) is 25.8 Å². The molecule has 2 saturated heterocycles. The van der Waals surface area contributed by atoms with Gasteiger partial charge >= 0.3 is 0 Å². The largest absolute Gasteiger partial charge is 0.371 e. The molecule has 0 N–H and O–H groups in total. The highest BCUT2D eigenvalue weighted by Gasteiger charge is 2.44. The van der Waals surface area contributed by atoms with Crippen LogP contribution in [0.25, 0.3) is 0 Å². The molecule has 1 spiro atoms. The zero-order chi connectivity index (χ0) is 16.1. The van der Waals surface area contributed by atoms with Crippen molar-refractivity contribution in [1.29, 1.82) is 0 Å². The number of sulfone groups is 1. The van der Waals surface area contributed by atoms with Gasteiger partial charge in [-0.2, -0.15) is 0 Å². The van der Waals surface area contributed by atoms with Crippen LogP contribution in [0.1, 0.15) is 29.9 Å². The number of hydrogen-bond donors (Lipinski definition) is 0. The maximum absolute atomic E-state index is 12.8. The predicted octanol–water partition coefficient (Wildman–Crippen LogP) is 1.13. The molecule has 5 nitrogen and oxygen atoms in total. The van der Waals surface area contributed by atoms with E-state index < -0.39 is 15.4 Å². The molecule has 0 saturated carbocycles. The van der Waals surface area contributed by atoms with Gasteiger partial charge in [0, 0.05) is 13.1 Å². The topological polar surface area (TPSA) is 63.7 Å². The Morgan fingerprint density at radius 3 is 2.70 bits per heavy atom. The third-order valence-corrected chi connectivity index (χ3v) is 7.10. The summed E-state index contributed by atoms with van der Waals surface area (Å²) in [7, 11) is -2.93. The second-order valence-corrected chi connectivity index (χ2v) is 9.20. The van der Waals surface area contributed by atoms with Gasteiger partial charge in [-0.1, -0.05) is 24.3 Å². The number of amides is 1. The lowest BCUT2D eigenvalue weighted by Gasteiger charge is -2.46. The van der Waals surface area contributed by atoms with Crippen LogP contribution in [-0.4, -0.2) is 56.0 Å². The van der Waals surface area contributed by atoms with Crippen molar-refractivity contribution in [1.82, 2.24) is 4.90 Å². The molecule has 1 aliphatic carbocycles. The Morgan fingerprint density at radius 2 is 1.96 bits per heavy atom. The Hall–Kier alpha value is -1.40. The molecule has 1 unspecified atom stereocenters. The summed E-state index contributed by atoms with van der Waals surface area (Å²) < 4.78 is 29.2. The van der Waals surface area contributed by atoms with Gasteiger partial charge in [-0.05, 0) is 30.4 Å². The van der Waals surface area contributed by atoms with Crippen LogP contribution in [0.5, 0.6) is 0 Å². The molecule has 1 aromatic carbocycles. The molecule has 3 aliphatic rings. The molecule has 4 rings (SSSR count). The molecule has 1 amide bonds. The number of fused-ring (bicyclic) bond motifs is 1. The number of carbonyl (C=O) groups is 1. The van der Waals surface area contributed by atoms with Gasteiger partial charge in [0.25, 0.3) is 0 Å². The highest BCUT2D eigenvalue weighted by Crippen LogP contribution is 2.38. The van der Waals surface area contributed by atoms with E-state index >= 15 is 0 Å². The van der Waals surface area contributed by atoms with E-state index in [9.17, 15) is 13.2 Å². The van der Waals surface area contributed by atoms with E-state index in [0.29, 0.717) is 32.5 Å². The zero-order valence-corrected chi connectivity index (χ0v) is 13.8. The first-order chi connectivity index (χ1) is 11.0. The Kier molecular flexibility index (Phi) is 3.50. The third-order valence-electron chi connectivity index (χ3n) is 5.45. The molecule has 2 fully saturated rings. The Bertz CT molecular complexity index is 729. The van der Waals surface area contributed by atoms with Gasteiger partial charge in [-0.3, -0.25) is 4.79 Å². The van der Waals surface area contributed by atoms with Gasteiger partial charge in [-0.25, -0.2) is 8.42 Å². The van der Waals surface area contributed by atoms with Gasteiger partial charge in [-0.15, -0.1) is 0 Å². The number of carbonyl (C=O) groups excluding carboxylic acids is 1. The minimum atomic E-state index is -2.93. The van der Waals surface area contributed by atoms with Crippen LogP contribution in [0, 0.1) is 0 Å². The molecule has 0 aromatic heterocycles. The smallest absolute Gasteiger partial charge is 0.230 e. The Morgan fingerprint density at radius 1 is 1.22 bits per heavy atom. The summed E-state index contributed by atoms with van der Waals surface area (Å²) in [6.07, 6.45) is 1.81. The molecule has 0 bridgehead atoms. The summed E-state index contributed by atoms with van der Waals surface area (Å²) in [5.74, 6) is 0.469. The molecule has 1 aromatic rings. The summed E-state index contributed by atoms with van der Waals surface area (Å²) in [4.78, 5) is 14.7. The van der Waals surface area contributed by atoms with Crippen LogP contribution < -0.4 is 0 Å². The average molecular weight is 335 g/mol. The average Bonchev–Trinajstić information content (AvgIpc) is 2.52. The van der Waals surface area contributed by atoms with E-state index in [2.05, 4.69) is 6.07 Å². The second kappa shape index (κ2) is 5.31. The number of benzene rings is 1. The number of hydrogen-bond acceptors (Lipinski definition) is 4. The first-order valence-electron chi connectivity index (χ1n) is 8.19. The van der Waals surface area contributed by atoms with E-state index in [1.54, 1.807) is 0 Å². The first kappa shape index (κ1) is 15.1. The van der Waals surface area contributed by atoms with Crippen LogP contribution in [0.4, 0.5) is 0 Å². The van der Waals surface area contributed by atoms with Crippen LogP contribution in [0.3, 0.4) is 0 Å². The lowest BCUT2D eigenvalue weighted by atomic mass is 9.76. The summed E-state index contributed by atoms with van der Waals surface area (Å²) in [6.45, 7) is 1.63. The summed E-state index contributed by atoms with van der Waals surface area (Å²) in [6, 6.07) is 8.09. The van der Waals surface area contributed by atoms with Gasteiger partial charge in [0.05, 0.1) is 29.6 Å². The SMILES string of the molecule is O=C(C1Cc2ccccc21)N1CCOC2(CCS(=O)(=O)CC2)C1. The number of rotatable bonds is 1. The summed E-state index contributed by atoms with van der Waals surface area (Å²) >= 11 is 0. The van der Waals surface area contributed by atoms with Crippen molar-refractivity contribution in [2.75, 3.05) is 31.2 Å². The highest BCUT2D eigenvalue weighted by molar-refractivity contribution is 7.91. The minimum Gasteiger partial charge on any atom is -0.371 e. The van der Waals surface area contributed by atoms with Crippen LogP contribution in [0.15, 0.2) is 24.3 Å². The standard InChI is InChI=1S/C17H21NO4S/c19-16(15-11-13-3-1-2-4-14(13)15)18-7-8-22-17(12-18)5-9-23(20,21)10-6-17/h1-4,15H,5-12H2. The fraction of sp³-hybridized carbons (Fsp3) is 0.588. The van der Waals surface area contributed by atoms with Crippen molar-refractivity contribution >= 4 is 15.7 Å². The van der Waals surface area contributed by atoms with Crippen molar-refractivity contribution in [2.24, 2.45) is 0 Å². The quantitative estimate of drug-likeness (QED) is 0.772. The lowest BCUT2D eigenvalue weighted by Crippen LogP contribution is -2.57. The first-order valence-corrected chi connectivity index (χ1v) is 10.0. The van der Waals surface area contributed by atoms with Crippen molar-refractivity contribution in [2.45, 2.75) is 30.8 Å². The Balaban J connectivity index is 1.47. The number of nitrogens with zero attached hydrogens (tertiary/aromatic N) is 1. The summed E-state index contributed by atoms with van der Waals surface area (Å²) in [5, 5.41) is 0. The monoisotopic (exact) mass is 335 g/mol. The van der Waals surface area contributed by atoms with Crippen molar-refractivity contribution < 1.29 is 17.9 Å².